The normalized spacial score (nSPS) is 17.5. The molecule has 0 amide bonds. The molecule has 0 bridgehead atoms. The minimum absolute atomic E-state index is 0.0254. The first-order chi connectivity index (χ1) is 8.89. The Bertz CT molecular complexity index is 389. The topological polar surface area (TPSA) is 96.6 Å². The van der Waals surface area contributed by atoms with E-state index in [0.29, 0.717) is 30.9 Å². The van der Waals surface area contributed by atoms with Crippen LogP contribution in [0.25, 0.3) is 0 Å². The van der Waals surface area contributed by atoms with E-state index in [1.165, 1.54) is 6.42 Å². The van der Waals surface area contributed by atoms with Gasteiger partial charge in [-0.25, -0.2) is 13.1 Å². The molecule has 112 valence electrons. The summed E-state index contributed by atoms with van der Waals surface area (Å²) >= 11 is 0. The van der Waals surface area contributed by atoms with Gasteiger partial charge in [-0.3, -0.25) is 4.99 Å². The molecule has 0 aromatic heterocycles. The molecule has 1 rings (SSSR count). The van der Waals surface area contributed by atoms with Crippen molar-refractivity contribution in [3.05, 3.63) is 0 Å². The maximum Gasteiger partial charge on any atom is 0.213 e. The molecule has 1 fully saturated rings. The molecule has 1 saturated carbocycles. The lowest BCUT2D eigenvalue weighted by Gasteiger charge is -2.25. The molecule has 0 aromatic rings. The van der Waals surface area contributed by atoms with Gasteiger partial charge >= 0.3 is 0 Å². The lowest BCUT2D eigenvalue weighted by atomic mass is 9.86. The van der Waals surface area contributed by atoms with Crippen LogP contribution in [0.2, 0.25) is 0 Å². The van der Waals surface area contributed by atoms with Crippen molar-refractivity contribution in [3.63, 3.8) is 0 Å². The fourth-order valence-corrected chi connectivity index (χ4v) is 2.67. The van der Waals surface area contributed by atoms with Crippen molar-refractivity contribution in [3.8, 4) is 0 Å². The molecule has 0 radical (unpaired) electrons. The standard InChI is InChI=1S/C12H26N4O2S/c1-10(2)8-15-12(13)14-6-7-19(17,18)16-9-11-4-3-5-11/h10-11,16H,3-9H2,1-2H3,(H3,13,14,15). The van der Waals surface area contributed by atoms with Gasteiger partial charge in [0.2, 0.25) is 10.0 Å². The Balaban J connectivity index is 2.17. The van der Waals surface area contributed by atoms with E-state index < -0.39 is 10.0 Å². The number of guanidine groups is 1. The van der Waals surface area contributed by atoms with Crippen LogP contribution in [0.15, 0.2) is 4.99 Å². The predicted molar refractivity (Wildman–Crippen MR) is 78.5 cm³/mol. The molecule has 1 aliphatic carbocycles. The van der Waals surface area contributed by atoms with Gasteiger partial charge < -0.3 is 11.1 Å². The third kappa shape index (κ3) is 7.37. The highest BCUT2D eigenvalue weighted by molar-refractivity contribution is 7.89. The van der Waals surface area contributed by atoms with Gasteiger partial charge in [0.1, 0.15) is 0 Å². The molecule has 0 aromatic carbocycles. The van der Waals surface area contributed by atoms with Crippen molar-refractivity contribution in [2.45, 2.75) is 33.1 Å². The van der Waals surface area contributed by atoms with E-state index in [1.807, 2.05) is 13.8 Å². The zero-order valence-corrected chi connectivity index (χ0v) is 12.7. The largest absolute Gasteiger partial charge is 0.370 e. The molecule has 1 aliphatic rings. The first-order valence-corrected chi connectivity index (χ1v) is 8.55. The molecule has 0 saturated heterocycles. The Kier molecular flexibility index (Phi) is 6.57. The van der Waals surface area contributed by atoms with Crippen LogP contribution in [-0.4, -0.2) is 39.8 Å². The molecule has 0 spiro atoms. The smallest absolute Gasteiger partial charge is 0.213 e. The van der Waals surface area contributed by atoms with Crippen LogP contribution in [-0.2, 0) is 10.0 Å². The van der Waals surface area contributed by atoms with E-state index in [-0.39, 0.29) is 12.3 Å². The van der Waals surface area contributed by atoms with Crippen LogP contribution < -0.4 is 15.8 Å². The summed E-state index contributed by atoms with van der Waals surface area (Å²) in [5, 5.41) is 2.82. The van der Waals surface area contributed by atoms with Gasteiger partial charge in [0, 0.05) is 19.6 Å². The zero-order chi connectivity index (χ0) is 14.3. The third-order valence-electron chi connectivity index (χ3n) is 3.12. The Morgan fingerprint density at radius 1 is 1.42 bits per heavy atom. The fraction of sp³-hybridized carbons (Fsp3) is 0.917. The first kappa shape index (κ1) is 16.2. The van der Waals surface area contributed by atoms with Crippen LogP contribution in [0.5, 0.6) is 0 Å². The van der Waals surface area contributed by atoms with Gasteiger partial charge in [-0.05, 0) is 24.7 Å². The fourth-order valence-electron chi connectivity index (χ4n) is 1.66. The maximum absolute atomic E-state index is 11.7. The van der Waals surface area contributed by atoms with Crippen molar-refractivity contribution in [2.24, 2.45) is 22.6 Å². The predicted octanol–water partition coefficient (Wildman–Crippen LogP) is 0.266. The van der Waals surface area contributed by atoms with E-state index in [4.69, 9.17) is 5.73 Å². The minimum atomic E-state index is -3.20. The van der Waals surface area contributed by atoms with E-state index in [2.05, 4.69) is 15.0 Å². The Morgan fingerprint density at radius 2 is 2.11 bits per heavy atom. The summed E-state index contributed by atoms with van der Waals surface area (Å²) in [6.07, 6.45) is 3.49. The highest BCUT2D eigenvalue weighted by Crippen LogP contribution is 2.25. The number of nitrogens with one attached hydrogen (secondary N) is 2. The molecule has 19 heavy (non-hydrogen) atoms. The number of sulfonamides is 1. The lowest BCUT2D eigenvalue weighted by Crippen LogP contribution is -2.39. The number of nitrogens with zero attached hydrogens (tertiary/aromatic N) is 1. The van der Waals surface area contributed by atoms with E-state index in [0.717, 1.165) is 12.8 Å². The second-order valence-corrected chi connectivity index (χ2v) is 7.44. The van der Waals surface area contributed by atoms with Crippen LogP contribution in [0, 0.1) is 11.8 Å². The van der Waals surface area contributed by atoms with Crippen molar-refractivity contribution in [1.29, 1.82) is 0 Å². The summed E-state index contributed by atoms with van der Waals surface area (Å²) in [4.78, 5) is 4.11. The Labute approximate surface area is 116 Å². The molecule has 0 atom stereocenters. The summed E-state index contributed by atoms with van der Waals surface area (Å²) in [5.74, 6) is 1.30. The average molecular weight is 290 g/mol. The summed E-state index contributed by atoms with van der Waals surface area (Å²) in [6, 6.07) is 0. The summed E-state index contributed by atoms with van der Waals surface area (Å²) in [5.41, 5.74) is 5.63. The summed E-state index contributed by atoms with van der Waals surface area (Å²) in [6.45, 7) is 5.59. The number of hydrogen-bond donors (Lipinski definition) is 3. The lowest BCUT2D eigenvalue weighted by molar-refractivity contribution is 0.316. The van der Waals surface area contributed by atoms with E-state index in [1.54, 1.807) is 0 Å². The van der Waals surface area contributed by atoms with Gasteiger partial charge in [0.05, 0.1) is 5.75 Å². The van der Waals surface area contributed by atoms with Gasteiger partial charge in [-0.2, -0.15) is 0 Å². The van der Waals surface area contributed by atoms with Gasteiger partial charge in [-0.15, -0.1) is 0 Å². The number of aliphatic imine (C=N–C) groups is 1. The highest BCUT2D eigenvalue weighted by Gasteiger charge is 2.19. The molecular weight excluding hydrogens is 264 g/mol. The van der Waals surface area contributed by atoms with Crippen LogP contribution in [0.1, 0.15) is 33.1 Å². The molecular formula is C12H26N4O2S. The van der Waals surface area contributed by atoms with E-state index in [9.17, 15) is 8.42 Å². The molecule has 6 nitrogen and oxygen atoms in total. The highest BCUT2D eigenvalue weighted by atomic mass is 32.2. The van der Waals surface area contributed by atoms with Crippen LogP contribution in [0.4, 0.5) is 0 Å². The number of rotatable bonds is 8. The van der Waals surface area contributed by atoms with Gasteiger partial charge in [-0.1, -0.05) is 20.3 Å². The first-order valence-electron chi connectivity index (χ1n) is 6.90. The monoisotopic (exact) mass is 290 g/mol. The third-order valence-corrected chi connectivity index (χ3v) is 4.47. The molecule has 7 heteroatoms. The molecule has 0 aliphatic heterocycles. The molecule has 4 N–H and O–H groups in total. The minimum Gasteiger partial charge on any atom is -0.370 e. The van der Waals surface area contributed by atoms with Crippen molar-refractivity contribution in [2.75, 3.05) is 25.4 Å². The zero-order valence-electron chi connectivity index (χ0n) is 11.9. The average Bonchev–Trinajstić information content (AvgIpc) is 2.23. The number of nitrogens with two attached hydrogens (primary N) is 1. The van der Waals surface area contributed by atoms with Crippen LogP contribution >= 0.6 is 0 Å². The summed E-state index contributed by atoms with van der Waals surface area (Å²) < 4.78 is 26.0. The molecule has 0 unspecified atom stereocenters. The van der Waals surface area contributed by atoms with Crippen molar-refractivity contribution < 1.29 is 8.42 Å². The summed E-state index contributed by atoms with van der Waals surface area (Å²) in [7, 11) is -3.20. The Morgan fingerprint density at radius 3 is 2.63 bits per heavy atom. The van der Waals surface area contributed by atoms with E-state index >= 15 is 0 Å². The number of hydrogen-bond acceptors (Lipinski definition) is 3. The van der Waals surface area contributed by atoms with Gasteiger partial charge in [0.15, 0.2) is 5.96 Å². The van der Waals surface area contributed by atoms with Crippen molar-refractivity contribution >= 4 is 16.0 Å². The quantitative estimate of drug-likeness (QED) is 0.441. The maximum atomic E-state index is 11.7. The molecule has 0 heterocycles. The van der Waals surface area contributed by atoms with Crippen LogP contribution in [0.3, 0.4) is 0 Å². The second kappa shape index (κ2) is 7.69. The second-order valence-electron chi connectivity index (χ2n) is 5.51. The SMILES string of the molecule is CC(C)CN=C(N)NCCS(=O)(=O)NCC1CCC1. The van der Waals surface area contributed by atoms with Gasteiger partial charge in [0.25, 0.3) is 0 Å². The van der Waals surface area contributed by atoms with Crippen molar-refractivity contribution in [1.82, 2.24) is 10.0 Å². The Hall–Kier alpha value is -0.820.